The van der Waals surface area contributed by atoms with Crippen LogP contribution in [0.1, 0.15) is 38.7 Å². The summed E-state index contributed by atoms with van der Waals surface area (Å²) in [5.74, 6) is -0.847. The van der Waals surface area contributed by atoms with E-state index < -0.39 is 11.5 Å². The molecule has 0 heterocycles. The Labute approximate surface area is 109 Å². The van der Waals surface area contributed by atoms with Crippen LogP contribution in [0.15, 0.2) is 35.3 Å². The van der Waals surface area contributed by atoms with Gasteiger partial charge in [0, 0.05) is 12.6 Å². The molecule has 0 aromatic heterocycles. The van der Waals surface area contributed by atoms with Gasteiger partial charge >= 0.3 is 5.97 Å². The zero-order valence-corrected chi connectivity index (χ0v) is 11.1. The molecule has 18 heavy (non-hydrogen) atoms. The fraction of sp³-hybridized carbons (Fsp3) is 0.467. The highest BCUT2D eigenvalue weighted by molar-refractivity contribution is 5.80. The van der Waals surface area contributed by atoms with Crippen LogP contribution in [0.4, 0.5) is 0 Å². The summed E-state index contributed by atoms with van der Waals surface area (Å²) in [7, 11) is 0. The van der Waals surface area contributed by atoms with Crippen LogP contribution in [0.2, 0.25) is 0 Å². The highest BCUT2D eigenvalue weighted by Crippen LogP contribution is 2.19. The van der Waals surface area contributed by atoms with Crippen molar-refractivity contribution >= 4 is 12.2 Å². The average Bonchev–Trinajstić information content (AvgIpc) is 2.37. The van der Waals surface area contributed by atoms with Crippen LogP contribution >= 0.6 is 0 Å². The second-order valence-corrected chi connectivity index (χ2v) is 4.68. The smallest absolute Gasteiger partial charge is 0.331 e. The van der Waals surface area contributed by atoms with Gasteiger partial charge in [-0.25, -0.2) is 4.79 Å². The predicted molar refractivity (Wildman–Crippen MR) is 74.2 cm³/mol. The van der Waals surface area contributed by atoms with E-state index >= 15 is 0 Å². The quantitative estimate of drug-likeness (QED) is 0.751. The van der Waals surface area contributed by atoms with Crippen LogP contribution < -0.4 is 0 Å². The lowest BCUT2D eigenvalue weighted by molar-refractivity contribution is -0.142. The predicted octanol–water partition coefficient (Wildman–Crippen LogP) is 3.33. The van der Waals surface area contributed by atoms with Crippen molar-refractivity contribution in [1.82, 2.24) is 0 Å². The van der Waals surface area contributed by atoms with Crippen LogP contribution in [-0.2, 0) is 11.2 Å². The molecule has 3 nitrogen and oxygen atoms in total. The van der Waals surface area contributed by atoms with Gasteiger partial charge in [0.2, 0.25) is 0 Å². The Morgan fingerprint density at radius 1 is 1.39 bits per heavy atom. The third kappa shape index (κ3) is 4.32. The maximum atomic E-state index is 11.3. The first-order valence-electron chi connectivity index (χ1n) is 6.39. The molecular weight excluding hydrogens is 226 g/mol. The summed E-state index contributed by atoms with van der Waals surface area (Å²) in [6, 6.07) is 9.92. The fourth-order valence-electron chi connectivity index (χ4n) is 1.71. The lowest BCUT2D eigenvalue weighted by atomic mass is 9.96. The van der Waals surface area contributed by atoms with Crippen molar-refractivity contribution < 1.29 is 9.90 Å². The Morgan fingerprint density at radius 2 is 2.06 bits per heavy atom. The second-order valence-electron chi connectivity index (χ2n) is 4.68. The lowest BCUT2D eigenvalue weighted by Crippen LogP contribution is -2.33. The summed E-state index contributed by atoms with van der Waals surface area (Å²) in [5.41, 5.74) is 0.162. The Hall–Kier alpha value is -1.64. The number of hydrogen-bond acceptors (Lipinski definition) is 2. The number of rotatable bonds is 7. The molecule has 1 atom stereocenters. The number of carboxylic acid groups (broad SMARTS) is 1. The second kappa shape index (κ2) is 6.94. The molecule has 1 aromatic carbocycles. The molecule has 0 saturated carbocycles. The zero-order valence-electron chi connectivity index (χ0n) is 11.1. The van der Waals surface area contributed by atoms with E-state index in [-0.39, 0.29) is 0 Å². The maximum Gasteiger partial charge on any atom is 0.331 e. The number of hydrogen-bond donors (Lipinski definition) is 1. The summed E-state index contributed by atoms with van der Waals surface area (Å²) in [6.45, 7) is 3.74. The van der Waals surface area contributed by atoms with Gasteiger partial charge in [-0.15, -0.1) is 0 Å². The summed E-state index contributed by atoms with van der Waals surface area (Å²) in [6.07, 6.45) is 4.85. The van der Waals surface area contributed by atoms with E-state index in [2.05, 4.69) is 11.9 Å². The zero-order chi connectivity index (χ0) is 13.4. The van der Waals surface area contributed by atoms with Crippen LogP contribution in [0, 0.1) is 0 Å². The molecule has 0 aliphatic heterocycles. The van der Waals surface area contributed by atoms with E-state index in [4.69, 9.17) is 0 Å². The number of carboxylic acids is 1. The van der Waals surface area contributed by atoms with Crippen molar-refractivity contribution in [3.8, 4) is 0 Å². The highest BCUT2D eigenvalue weighted by Gasteiger charge is 2.30. The molecule has 98 valence electrons. The van der Waals surface area contributed by atoms with Gasteiger partial charge in [0.25, 0.3) is 0 Å². The molecule has 0 amide bonds. The number of benzene rings is 1. The Kier molecular flexibility index (Phi) is 5.56. The first-order valence-corrected chi connectivity index (χ1v) is 6.39. The summed E-state index contributed by atoms with van der Waals surface area (Å²) in [4.78, 5) is 15.5. The summed E-state index contributed by atoms with van der Waals surface area (Å²) < 4.78 is 0. The molecule has 0 saturated heterocycles. The molecular formula is C15H21NO2. The van der Waals surface area contributed by atoms with E-state index in [0.717, 1.165) is 18.4 Å². The van der Waals surface area contributed by atoms with Crippen molar-refractivity contribution in [1.29, 1.82) is 0 Å². The molecule has 3 heteroatoms. The van der Waals surface area contributed by atoms with Gasteiger partial charge in [0.15, 0.2) is 5.54 Å². The average molecular weight is 247 g/mol. The lowest BCUT2D eigenvalue weighted by Gasteiger charge is -2.19. The van der Waals surface area contributed by atoms with Crippen molar-refractivity contribution in [3.63, 3.8) is 0 Å². The first-order chi connectivity index (χ1) is 8.58. The van der Waals surface area contributed by atoms with Gasteiger partial charge in [0.1, 0.15) is 0 Å². The molecule has 1 N–H and O–H groups in total. The van der Waals surface area contributed by atoms with Crippen LogP contribution in [0.5, 0.6) is 0 Å². The number of unbranched alkanes of at least 4 members (excludes halogenated alkanes) is 1. The monoisotopic (exact) mass is 247 g/mol. The van der Waals surface area contributed by atoms with Crippen molar-refractivity contribution in [3.05, 3.63) is 35.9 Å². The maximum absolute atomic E-state index is 11.3. The summed E-state index contributed by atoms with van der Waals surface area (Å²) >= 11 is 0. The number of aliphatic imine (C=N–C) groups is 1. The molecule has 0 spiro atoms. The number of aliphatic carboxylic acids is 1. The van der Waals surface area contributed by atoms with Gasteiger partial charge in [-0.1, -0.05) is 50.1 Å². The summed E-state index contributed by atoms with van der Waals surface area (Å²) in [5, 5.41) is 9.24. The fourth-order valence-corrected chi connectivity index (χ4v) is 1.71. The minimum atomic E-state index is -0.981. The molecule has 1 unspecified atom stereocenters. The molecule has 0 radical (unpaired) electrons. The van der Waals surface area contributed by atoms with Crippen LogP contribution in [0.3, 0.4) is 0 Å². The molecule has 0 aliphatic carbocycles. The van der Waals surface area contributed by atoms with Crippen molar-refractivity contribution in [2.45, 2.75) is 45.1 Å². The SMILES string of the molecule is CCCCC(C)(N=CCc1ccccc1)C(=O)O. The molecule has 0 aliphatic rings. The minimum Gasteiger partial charge on any atom is -0.479 e. The largest absolute Gasteiger partial charge is 0.479 e. The third-order valence-corrected chi connectivity index (χ3v) is 3.02. The van der Waals surface area contributed by atoms with Crippen LogP contribution in [0.25, 0.3) is 0 Å². The van der Waals surface area contributed by atoms with Crippen molar-refractivity contribution in [2.24, 2.45) is 4.99 Å². The molecule has 1 rings (SSSR count). The van der Waals surface area contributed by atoms with Gasteiger partial charge in [-0.2, -0.15) is 0 Å². The van der Waals surface area contributed by atoms with Gasteiger partial charge < -0.3 is 5.11 Å². The van der Waals surface area contributed by atoms with Crippen molar-refractivity contribution in [2.75, 3.05) is 0 Å². The van der Waals surface area contributed by atoms with E-state index in [9.17, 15) is 9.90 Å². The first kappa shape index (κ1) is 14.4. The Morgan fingerprint density at radius 3 is 2.61 bits per heavy atom. The number of nitrogens with zero attached hydrogens (tertiary/aromatic N) is 1. The van der Waals surface area contributed by atoms with E-state index in [0.29, 0.717) is 12.8 Å². The number of carbonyl (C=O) groups is 1. The van der Waals surface area contributed by atoms with Crippen LogP contribution in [-0.4, -0.2) is 22.8 Å². The van der Waals surface area contributed by atoms with Gasteiger partial charge in [-0.05, 0) is 18.9 Å². The minimum absolute atomic E-state index is 0.587. The topological polar surface area (TPSA) is 49.7 Å². The highest BCUT2D eigenvalue weighted by atomic mass is 16.4. The molecule has 0 fully saturated rings. The van der Waals surface area contributed by atoms with E-state index in [1.54, 1.807) is 13.1 Å². The Bertz CT molecular complexity index is 400. The standard InChI is InChI=1S/C15H21NO2/c1-3-4-11-15(2,14(17)18)16-12-10-13-8-6-5-7-9-13/h5-9,12H,3-4,10-11H2,1-2H3,(H,17,18). The molecule has 1 aromatic rings. The third-order valence-electron chi connectivity index (χ3n) is 3.02. The van der Waals surface area contributed by atoms with Gasteiger partial charge in [0.05, 0.1) is 0 Å². The molecule has 0 bridgehead atoms. The Balaban J connectivity index is 2.63. The normalized spacial score (nSPS) is 14.6. The van der Waals surface area contributed by atoms with E-state index in [1.165, 1.54) is 0 Å². The van der Waals surface area contributed by atoms with E-state index in [1.807, 2.05) is 30.3 Å². The van der Waals surface area contributed by atoms with Gasteiger partial charge in [-0.3, -0.25) is 4.99 Å².